The first-order chi connectivity index (χ1) is 11.3. The van der Waals surface area contributed by atoms with Crippen molar-refractivity contribution in [2.75, 3.05) is 32.1 Å². The van der Waals surface area contributed by atoms with Gasteiger partial charge >= 0.3 is 5.69 Å². The first-order valence-electron chi connectivity index (χ1n) is 7.25. The molecule has 2 rings (SSSR count). The lowest BCUT2D eigenvalue weighted by molar-refractivity contribution is -0.386. The third kappa shape index (κ3) is 4.10. The Morgan fingerprint density at radius 3 is 2.50 bits per heavy atom. The van der Waals surface area contributed by atoms with Crippen LogP contribution in [0.1, 0.15) is 12.8 Å². The number of anilines is 1. The van der Waals surface area contributed by atoms with Crippen LogP contribution in [-0.4, -0.2) is 46.6 Å². The summed E-state index contributed by atoms with van der Waals surface area (Å²) in [6, 6.07) is 2.10. The first-order valence-corrected chi connectivity index (χ1v) is 8.73. The molecule has 0 saturated carbocycles. The summed E-state index contributed by atoms with van der Waals surface area (Å²) in [6.45, 7) is 0.703. The number of rotatable bonds is 6. The van der Waals surface area contributed by atoms with Gasteiger partial charge in [0, 0.05) is 38.3 Å². The number of nitrogens with zero attached hydrogens (tertiary/aromatic N) is 2. The molecule has 1 aromatic carbocycles. The minimum atomic E-state index is -3.55. The number of hydrogen-bond acceptors (Lipinski definition) is 6. The number of nitro groups is 1. The molecular weight excluding hydrogens is 343 g/mol. The molecule has 0 aliphatic carbocycles. The average molecular weight is 362 g/mol. The van der Waals surface area contributed by atoms with Gasteiger partial charge in [-0.3, -0.25) is 10.1 Å². The standard InChI is InChI=1S/C13H19FN4O5S/c1-15-24(21,22)16-9-3-5-17(6-4-9)12-8-10(23-2)7-11(14)13(12)18(19)20/h7-9,15-16H,3-6H2,1-2H3. The highest BCUT2D eigenvalue weighted by Crippen LogP contribution is 2.36. The van der Waals surface area contributed by atoms with Gasteiger partial charge in [0.2, 0.25) is 5.82 Å². The Balaban J connectivity index is 2.19. The maximum atomic E-state index is 14.0. The summed E-state index contributed by atoms with van der Waals surface area (Å²) in [5, 5.41) is 11.2. The van der Waals surface area contributed by atoms with Gasteiger partial charge in [0.15, 0.2) is 0 Å². The van der Waals surface area contributed by atoms with E-state index in [1.54, 1.807) is 4.90 Å². The van der Waals surface area contributed by atoms with E-state index in [9.17, 15) is 22.9 Å². The fourth-order valence-electron chi connectivity index (χ4n) is 2.62. The summed E-state index contributed by atoms with van der Waals surface area (Å²) in [5.74, 6) is -0.779. The summed E-state index contributed by atoms with van der Waals surface area (Å²) in [5.41, 5.74) is -0.475. The van der Waals surface area contributed by atoms with Gasteiger partial charge in [-0.15, -0.1) is 0 Å². The molecule has 1 fully saturated rings. The number of ether oxygens (including phenoxy) is 1. The Morgan fingerprint density at radius 1 is 1.38 bits per heavy atom. The van der Waals surface area contributed by atoms with Crippen LogP contribution in [0.4, 0.5) is 15.8 Å². The molecule has 0 aromatic heterocycles. The van der Waals surface area contributed by atoms with Gasteiger partial charge in [0.1, 0.15) is 11.4 Å². The smallest absolute Gasteiger partial charge is 0.328 e. The fraction of sp³-hybridized carbons (Fsp3) is 0.538. The highest BCUT2D eigenvalue weighted by Gasteiger charge is 2.30. The van der Waals surface area contributed by atoms with Gasteiger partial charge in [-0.1, -0.05) is 0 Å². The van der Waals surface area contributed by atoms with Crippen LogP contribution in [0.5, 0.6) is 5.75 Å². The van der Waals surface area contributed by atoms with Crippen molar-refractivity contribution < 1.29 is 22.5 Å². The molecule has 11 heteroatoms. The van der Waals surface area contributed by atoms with Gasteiger partial charge < -0.3 is 9.64 Å². The molecule has 0 unspecified atom stereocenters. The van der Waals surface area contributed by atoms with Gasteiger partial charge in [-0.05, 0) is 12.8 Å². The molecule has 1 aromatic rings. The minimum Gasteiger partial charge on any atom is -0.497 e. The summed E-state index contributed by atoms with van der Waals surface area (Å²) in [7, 11) is -0.891. The van der Waals surface area contributed by atoms with Crippen molar-refractivity contribution in [1.29, 1.82) is 0 Å². The average Bonchev–Trinajstić information content (AvgIpc) is 2.54. The molecule has 0 amide bonds. The van der Waals surface area contributed by atoms with Gasteiger partial charge in [-0.25, -0.2) is 4.72 Å². The zero-order valence-corrected chi connectivity index (χ0v) is 14.1. The number of piperidine rings is 1. The lowest BCUT2D eigenvalue weighted by Crippen LogP contribution is -2.47. The van der Waals surface area contributed by atoms with Crippen LogP contribution in [-0.2, 0) is 10.2 Å². The van der Waals surface area contributed by atoms with Crippen molar-refractivity contribution in [2.24, 2.45) is 0 Å². The zero-order chi connectivity index (χ0) is 17.9. The minimum absolute atomic E-state index is 0.131. The molecule has 0 bridgehead atoms. The number of halogens is 1. The van der Waals surface area contributed by atoms with Crippen molar-refractivity contribution in [3.63, 3.8) is 0 Å². The fourth-order valence-corrected chi connectivity index (χ4v) is 3.41. The van der Waals surface area contributed by atoms with Crippen molar-refractivity contribution in [2.45, 2.75) is 18.9 Å². The quantitative estimate of drug-likeness (QED) is 0.571. The van der Waals surface area contributed by atoms with Crippen molar-refractivity contribution >= 4 is 21.6 Å². The molecule has 1 aliphatic heterocycles. The van der Waals surface area contributed by atoms with E-state index in [4.69, 9.17) is 4.74 Å². The summed E-state index contributed by atoms with van der Waals surface area (Å²) >= 11 is 0. The number of methoxy groups -OCH3 is 1. The predicted molar refractivity (Wildman–Crippen MR) is 86.0 cm³/mol. The Hall–Kier alpha value is -1.98. The molecule has 9 nitrogen and oxygen atoms in total. The topological polar surface area (TPSA) is 114 Å². The van der Waals surface area contributed by atoms with E-state index < -0.39 is 26.6 Å². The van der Waals surface area contributed by atoms with Crippen LogP contribution in [0.3, 0.4) is 0 Å². The second kappa shape index (κ2) is 7.28. The van der Waals surface area contributed by atoms with Crippen LogP contribution in [0.2, 0.25) is 0 Å². The van der Waals surface area contributed by atoms with Gasteiger partial charge in [0.25, 0.3) is 10.2 Å². The molecule has 0 atom stereocenters. The maximum Gasteiger partial charge on any atom is 0.328 e. The van der Waals surface area contributed by atoms with Crippen LogP contribution in [0, 0.1) is 15.9 Å². The summed E-state index contributed by atoms with van der Waals surface area (Å²) < 4.78 is 46.6. The number of benzene rings is 1. The highest BCUT2D eigenvalue weighted by atomic mass is 32.2. The van der Waals surface area contributed by atoms with Crippen molar-refractivity contribution in [3.8, 4) is 5.75 Å². The van der Waals surface area contributed by atoms with Gasteiger partial charge in [-0.2, -0.15) is 17.5 Å². The number of hydrogen-bond donors (Lipinski definition) is 2. The molecule has 1 heterocycles. The van der Waals surface area contributed by atoms with Crippen molar-refractivity contribution in [3.05, 3.63) is 28.1 Å². The number of nitrogens with one attached hydrogen (secondary N) is 2. The molecule has 24 heavy (non-hydrogen) atoms. The van der Waals surface area contributed by atoms with E-state index in [1.807, 2.05) is 0 Å². The lowest BCUT2D eigenvalue weighted by atomic mass is 10.0. The monoisotopic (exact) mass is 362 g/mol. The SMILES string of the molecule is CNS(=O)(=O)NC1CCN(c2cc(OC)cc(F)c2[N+](=O)[O-])CC1. The Labute approximate surface area is 139 Å². The van der Waals surface area contributed by atoms with Gasteiger partial charge in [0.05, 0.1) is 12.0 Å². The normalized spacial score (nSPS) is 16.2. The highest BCUT2D eigenvalue weighted by molar-refractivity contribution is 7.87. The predicted octanol–water partition coefficient (Wildman–Crippen LogP) is 0.765. The number of nitro benzene ring substituents is 1. The maximum absolute atomic E-state index is 14.0. The largest absolute Gasteiger partial charge is 0.497 e. The summed E-state index contributed by atoms with van der Waals surface area (Å²) in [6.07, 6.45) is 0.883. The first kappa shape index (κ1) is 18.4. The zero-order valence-electron chi connectivity index (χ0n) is 13.3. The Bertz CT molecular complexity index is 719. The second-order valence-electron chi connectivity index (χ2n) is 5.32. The Kier molecular flexibility index (Phi) is 5.57. The van der Waals surface area contributed by atoms with Crippen LogP contribution >= 0.6 is 0 Å². The summed E-state index contributed by atoms with van der Waals surface area (Å²) in [4.78, 5) is 12.1. The van der Waals surface area contributed by atoms with E-state index >= 15 is 0 Å². The molecule has 1 saturated heterocycles. The van der Waals surface area contributed by atoms with E-state index in [1.165, 1.54) is 20.2 Å². The van der Waals surface area contributed by atoms with Crippen molar-refractivity contribution in [1.82, 2.24) is 9.44 Å². The van der Waals surface area contributed by atoms with Crippen LogP contribution < -0.4 is 19.1 Å². The van der Waals surface area contributed by atoms with E-state index in [0.29, 0.717) is 25.9 Å². The third-order valence-corrected chi connectivity index (χ3v) is 5.04. The third-order valence-electron chi connectivity index (χ3n) is 3.86. The van der Waals surface area contributed by atoms with E-state index in [0.717, 1.165) is 6.07 Å². The lowest BCUT2D eigenvalue weighted by Gasteiger charge is -2.33. The molecular formula is C13H19FN4O5S. The molecule has 134 valence electrons. The van der Waals surface area contributed by atoms with E-state index in [-0.39, 0.29) is 17.5 Å². The van der Waals surface area contributed by atoms with E-state index in [2.05, 4.69) is 9.44 Å². The Morgan fingerprint density at radius 2 is 2.00 bits per heavy atom. The molecule has 1 aliphatic rings. The molecule has 2 N–H and O–H groups in total. The second-order valence-corrected chi connectivity index (χ2v) is 6.97. The van der Waals surface area contributed by atoms with Crippen LogP contribution in [0.15, 0.2) is 12.1 Å². The van der Waals surface area contributed by atoms with Crippen LogP contribution in [0.25, 0.3) is 0 Å². The molecule has 0 radical (unpaired) electrons. The molecule has 0 spiro atoms.